The van der Waals surface area contributed by atoms with Crippen LogP contribution < -0.4 is 4.74 Å². The lowest BCUT2D eigenvalue weighted by atomic mass is 10.2. The van der Waals surface area contributed by atoms with Crippen LogP contribution >= 0.6 is 15.9 Å². The minimum absolute atomic E-state index is 0.00957. The van der Waals surface area contributed by atoms with Crippen molar-refractivity contribution in [3.05, 3.63) is 28.2 Å². The van der Waals surface area contributed by atoms with Gasteiger partial charge < -0.3 is 14.6 Å². The molecule has 0 amide bonds. The molecular weight excluding hydrogens is 276 g/mol. The van der Waals surface area contributed by atoms with Gasteiger partial charge in [-0.1, -0.05) is 6.07 Å². The quantitative estimate of drug-likeness (QED) is 0.903. The van der Waals surface area contributed by atoms with E-state index in [0.717, 1.165) is 10.0 Å². The molecule has 0 aliphatic heterocycles. The van der Waals surface area contributed by atoms with E-state index in [9.17, 15) is 4.79 Å². The summed E-state index contributed by atoms with van der Waals surface area (Å²) in [5.74, 6) is -0.552. The predicted molar refractivity (Wildman–Crippen MR) is 62.8 cm³/mol. The first kappa shape index (κ1) is 13.0. The first-order valence-electron chi connectivity index (χ1n) is 4.69. The van der Waals surface area contributed by atoms with E-state index in [0.29, 0.717) is 5.75 Å². The Hall–Kier alpha value is -1.07. The van der Waals surface area contributed by atoms with Gasteiger partial charge in [-0.15, -0.1) is 0 Å². The van der Waals surface area contributed by atoms with E-state index in [1.54, 1.807) is 6.07 Å². The van der Waals surface area contributed by atoms with Crippen molar-refractivity contribution < 1.29 is 19.4 Å². The Kier molecular flexibility index (Phi) is 4.76. The third-order valence-corrected chi connectivity index (χ3v) is 2.57. The molecule has 0 fully saturated rings. The summed E-state index contributed by atoms with van der Waals surface area (Å²) in [6.07, 6.45) is -0.996. The molecule has 1 unspecified atom stereocenters. The molecule has 16 heavy (non-hydrogen) atoms. The molecule has 0 bridgehead atoms. The Labute approximate surface area is 102 Å². The van der Waals surface area contributed by atoms with Crippen LogP contribution in [0.15, 0.2) is 22.7 Å². The summed E-state index contributed by atoms with van der Waals surface area (Å²) in [7, 11) is 1.43. The fraction of sp³-hybridized carbons (Fsp3) is 0.364. The SMILES string of the molecule is COCC(Oc1ccc(C)cc1Br)C(=O)O. The molecular formula is C11H13BrO4. The van der Waals surface area contributed by atoms with Crippen LogP contribution in [0.2, 0.25) is 0 Å². The number of carboxylic acid groups (broad SMARTS) is 1. The van der Waals surface area contributed by atoms with Gasteiger partial charge in [0.2, 0.25) is 6.10 Å². The Morgan fingerprint density at radius 3 is 2.75 bits per heavy atom. The summed E-state index contributed by atoms with van der Waals surface area (Å²) < 4.78 is 10.8. The number of hydrogen-bond donors (Lipinski definition) is 1. The number of benzene rings is 1. The van der Waals surface area contributed by atoms with Gasteiger partial charge >= 0.3 is 5.97 Å². The van der Waals surface area contributed by atoms with Gasteiger partial charge in [-0.3, -0.25) is 0 Å². The second kappa shape index (κ2) is 5.86. The highest BCUT2D eigenvalue weighted by atomic mass is 79.9. The minimum atomic E-state index is -1.05. The summed E-state index contributed by atoms with van der Waals surface area (Å²) >= 11 is 3.32. The van der Waals surface area contributed by atoms with Gasteiger partial charge in [0.15, 0.2) is 0 Å². The molecule has 0 heterocycles. The van der Waals surface area contributed by atoms with Crippen LogP contribution in [0.3, 0.4) is 0 Å². The van der Waals surface area contributed by atoms with Gasteiger partial charge in [0.05, 0.1) is 11.1 Å². The summed E-state index contributed by atoms with van der Waals surface area (Å²) in [4.78, 5) is 10.9. The number of ether oxygens (including phenoxy) is 2. The first-order chi connectivity index (χ1) is 7.54. The molecule has 1 aromatic carbocycles. The van der Waals surface area contributed by atoms with E-state index in [1.165, 1.54) is 7.11 Å². The van der Waals surface area contributed by atoms with Crippen LogP contribution in [-0.2, 0) is 9.53 Å². The number of hydrogen-bond acceptors (Lipinski definition) is 3. The predicted octanol–water partition coefficient (Wildman–Crippen LogP) is 2.24. The standard InChI is InChI=1S/C11H13BrO4/c1-7-3-4-9(8(12)5-7)16-10(6-15-2)11(13)14/h3-5,10H,6H2,1-2H3,(H,13,14). The average Bonchev–Trinajstić information content (AvgIpc) is 2.20. The number of aliphatic carboxylic acids is 1. The second-order valence-electron chi connectivity index (χ2n) is 3.33. The molecule has 1 rings (SSSR count). The highest BCUT2D eigenvalue weighted by molar-refractivity contribution is 9.10. The van der Waals surface area contributed by atoms with Crippen molar-refractivity contribution in [1.29, 1.82) is 0 Å². The zero-order valence-corrected chi connectivity index (χ0v) is 10.7. The molecule has 0 spiro atoms. The van der Waals surface area contributed by atoms with Gasteiger partial charge in [-0.25, -0.2) is 4.79 Å². The van der Waals surface area contributed by atoms with E-state index in [4.69, 9.17) is 14.6 Å². The van der Waals surface area contributed by atoms with Crippen LogP contribution in [-0.4, -0.2) is 30.9 Å². The number of methoxy groups -OCH3 is 1. The second-order valence-corrected chi connectivity index (χ2v) is 4.19. The Morgan fingerprint density at radius 1 is 1.56 bits per heavy atom. The molecule has 88 valence electrons. The van der Waals surface area contributed by atoms with E-state index in [-0.39, 0.29) is 6.61 Å². The van der Waals surface area contributed by atoms with Gasteiger partial charge in [-0.05, 0) is 40.5 Å². The molecule has 1 atom stereocenters. The monoisotopic (exact) mass is 288 g/mol. The maximum Gasteiger partial charge on any atom is 0.347 e. The molecule has 1 N–H and O–H groups in total. The van der Waals surface area contributed by atoms with Crippen LogP contribution in [0.5, 0.6) is 5.75 Å². The third-order valence-electron chi connectivity index (χ3n) is 1.95. The van der Waals surface area contributed by atoms with Crippen molar-refractivity contribution in [1.82, 2.24) is 0 Å². The van der Waals surface area contributed by atoms with Crippen molar-refractivity contribution in [3.8, 4) is 5.75 Å². The number of carboxylic acids is 1. The largest absolute Gasteiger partial charge is 0.478 e. The molecule has 0 saturated carbocycles. The highest BCUT2D eigenvalue weighted by Gasteiger charge is 2.20. The molecule has 4 nitrogen and oxygen atoms in total. The van der Waals surface area contributed by atoms with E-state index >= 15 is 0 Å². The lowest BCUT2D eigenvalue weighted by Gasteiger charge is -2.15. The van der Waals surface area contributed by atoms with E-state index in [1.807, 2.05) is 19.1 Å². The number of halogens is 1. The van der Waals surface area contributed by atoms with Crippen molar-refractivity contribution in [2.45, 2.75) is 13.0 Å². The van der Waals surface area contributed by atoms with Crippen molar-refractivity contribution in [2.75, 3.05) is 13.7 Å². The first-order valence-corrected chi connectivity index (χ1v) is 5.48. The summed E-state index contributed by atoms with van der Waals surface area (Å²) in [5.41, 5.74) is 1.07. The minimum Gasteiger partial charge on any atom is -0.478 e. The maximum atomic E-state index is 10.9. The lowest BCUT2D eigenvalue weighted by Crippen LogP contribution is -2.31. The van der Waals surface area contributed by atoms with E-state index in [2.05, 4.69) is 15.9 Å². The smallest absolute Gasteiger partial charge is 0.347 e. The molecule has 0 radical (unpaired) electrons. The normalized spacial score (nSPS) is 12.2. The zero-order chi connectivity index (χ0) is 12.1. The maximum absolute atomic E-state index is 10.9. The van der Waals surface area contributed by atoms with Crippen molar-refractivity contribution in [2.24, 2.45) is 0 Å². The summed E-state index contributed by atoms with van der Waals surface area (Å²) in [6, 6.07) is 5.44. The van der Waals surface area contributed by atoms with Crippen LogP contribution in [0.4, 0.5) is 0 Å². The number of aryl methyl sites for hydroxylation is 1. The van der Waals surface area contributed by atoms with Gasteiger partial charge in [0.25, 0.3) is 0 Å². The fourth-order valence-corrected chi connectivity index (χ4v) is 1.75. The van der Waals surface area contributed by atoms with Gasteiger partial charge in [-0.2, -0.15) is 0 Å². The molecule has 1 aromatic rings. The fourth-order valence-electron chi connectivity index (χ4n) is 1.16. The van der Waals surface area contributed by atoms with Crippen molar-refractivity contribution in [3.63, 3.8) is 0 Å². The number of carbonyl (C=O) groups is 1. The van der Waals surface area contributed by atoms with Crippen molar-refractivity contribution >= 4 is 21.9 Å². The molecule has 0 aromatic heterocycles. The van der Waals surface area contributed by atoms with Crippen LogP contribution in [0.25, 0.3) is 0 Å². The Balaban J connectivity index is 2.81. The molecule has 5 heteroatoms. The van der Waals surface area contributed by atoms with Crippen LogP contribution in [0.1, 0.15) is 5.56 Å². The molecule has 0 saturated heterocycles. The summed E-state index contributed by atoms with van der Waals surface area (Å²) in [5, 5.41) is 8.89. The highest BCUT2D eigenvalue weighted by Crippen LogP contribution is 2.26. The Bertz CT molecular complexity index is 378. The van der Waals surface area contributed by atoms with Gasteiger partial charge in [0.1, 0.15) is 5.75 Å². The zero-order valence-electron chi connectivity index (χ0n) is 9.07. The Morgan fingerprint density at radius 2 is 2.25 bits per heavy atom. The average molecular weight is 289 g/mol. The van der Waals surface area contributed by atoms with E-state index < -0.39 is 12.1 Å². The molecule has 0 aliphatic rings. The molecule has 0 aliphatic carbocycles. The van der Waals surface area contributed by atoms with Gasteiger partial charge in [0, 0.05) is 7.11 Å². The topological polar surface area (TPSA) is 55.8 Å². The lowest BCUT2D eigenvalue weighted by molar-refractivity contribution is -0.147. The summed E-state index contributed by atoms with van der Waals surface area (Å²) in [6.45, 7) is 1.95. The number of rotatable bonds is 5. The van der Waals surface area contributed by atoms with Crippen LogP contribution in [0, 0.1) is 6.92 Å². The third kappa shape index (κ3) is 3.50.